The molecule has 10 aromatic rings. The van der Waals surface area contributed by atoms with Gasteiger partial charge in [0.05, 0.1) is 0 Å². The standard InChI is InChI=1S/C47H30S/c1-47(2)40-13-6-5-12-36(40)46-34-11-4-3-10-33(34)37(26-41(46)47)31-19-23-43-39(25-31)38-24-30(18-22-42(38)48-43)32-20-16-29-15-14-27-8-7-9-28-17-21-35(32)45(29)44(27)28/h3-26H,1-2H3. The number of rotatable bonds is 2. The summed E-state index contributed by atoms with van der Waals surface area (Å²) >= 11 is 1.89. The zero-order valence-corrected chi connectivity index (χ0v) is 27.6. The van der Waals surface area contributed by atoms with E-state index in [9.17, 15) is 0 Å². The highest BCUT2D eigenvalue weighted by Crippen LogP contribution is 2.53. The SMILES string of the molecule is CC1(C)c2ccccc2-c2c1cc(-c1ccc3sc4ccc(-c5ccc6ccc7cccc8ccc5c6c78)cc4c3c1)c1ccccc21. The topological polar surface area (TPSA) is 0 Å². The third-order valence-electron chi connectivity index (χ3n) is 11.2. The van der Waals surface area contributed by atoms with E-state index in [0.29, 0.717) is 0 Å². The second-order valence-corrected chi connectivity index (χ2v) is 15.1. The minimum atomic E-state index is -0.0561. The van der Waals surface area contributed by atoms with Gasteiger partial charge in [0.1, 0.15) is 0 Å². The Morgan fingerprint density at radius 1 is 0.396 bits per heavy atom. The summed E-state index contributed by atoms with van der Waals surface area (Å²) in [4.78, 5) is 0. The van der Waals surface area contributed by atoms with E-state index in [1.165, 1.54) is 108 Å². The van der Waals surface area contributed by atoms with Gasteiger partial charge in [0.25, 0.3) is 0 Å². The van der Waals surface area contributed by atoms with Crippen LogP contribution in [-0.4, -0.2) is 0 Å². The molecule has 0 saturated carbocycles. The van der Waals surface area contributed by atoms with Crippen molar-refractivity contribution >= 4 is 74.6 Å². The number of fused-ring (bicyclic) bond motifs is 8. The Bertz CT molecular complexity index is 2960. The fraction of sp³-hybridized carbons (Fsp3) is 0.0638. The summed E-state index contributed by atoms with van der Waals surface area (Å²) < 4.78 is 2.67. The van der Waals surface area contributed by atoms with Gasteiger partial charge in [0.2, 0.25) is 0 Å². The minimum Gasteiger partial charge on any atom is -0.135 e. The summed E-state index contributed by atoms with van der Waals surface area (Å²) in [5.74, 6) is 0. The summed E-state index contributed by atoms with van der Waals surface area (Å²) in [6, 6.07) is 55.1. The highest BCUT2D eigenvalue weighted by molar-refractivity contribution is 7.25. The maximum absolute atomic E-state index is 2.49. The van der Waals surface area contributed by atoms with E-state index in [2.05, 4.69) is 159 Å². The van der Waals surface area contributed by atoms with Crippen LogP contribution >= 0.6 is 11.3 Å². The fourth-order valence-electron chi connectivity index (χ4n) is 8.89. The molecule has 0 unspecified atom stereocenters. The van der Waals surface area contributed by atoms with Crippen LogP contribution in [0.2, 0.25) is 0 Å². The Hall–Kier alpha value is -5.50. The lowest BCUT2D eigenvalue weighted by atomic mass is 9.80. The molecule has 9 aromatic carbocycles. The van der Waals surface area contributed by atoms with Crippen LogP contribution in [0.5, 0.6) is 0 Å². The molecule has 1 aliphatic rings. The van der Waals surface area contributed by atoms with E-state index in [0.717, 1.165) is 0 Å². The van der Waals surface area contributed by atoms with Gasteiger partial charge in [-0.3, -0.25) is 0 Å². The molecule has 0 aliphatic heterocycles. The van der Waals surface area contributed by atoms with Gasteiger partial charge in [-0.05, 0) is 118 Å². The lowest BCUT2D eigenvalue weighted by Gasteiger charge is -2.23. The van der Waals surface area contributed by atoms with Crippen molar-refractivity contribution in [2.45, 2.75) is 19.3 Å². The van der Waals surface area contributed by atoms with Crippen LogP contribution < -0.4 is 0 Å². The van der Waals surface area contributed by atoms with Crippen molar-refractivity contribution in [3.8, 4) is 33.4 Å². The van der Waals surface area contributed by atoms with E-state index in [-0.39, 0.29) is 5.41 Å². The Morgan fingerprint density at radius 3 is 1.79 bits per heavy atom. The molecule has 0 atom stereocenters. The first-order valence-electron chi connectivity index (χ1n) is 16.8. The van der Waals surface area contributed by atoms with E-state index >= 15 is 0 Å². The number of hydrogen-bond donors (Lipinski definition) is 0. The van der Waals surface area contributed by atoms with Crippen LogP contribution in [0.4, 0.5) is 0 Å². The Labute approximate surface area is 282 Å². The van der Waals surface area contributed by atoms with Crippen molar-refractivity contribution in [2.24, 2.45) is 0 Å². The first kappa shape index (κ1) is 26.6. The van der Waals surface area contributed by atoms with Gasteiger partial charge >= 0.3 is 0 Å². The molecule has 11 rings (SSSR count). The molecule has 1 heterocycles. The second kappa shape index (κ2) is 9.31. The second-order valence-electron chi connectivity index (χ2n) is 14.1. The smallest absolute Gasteiger partial charge is 0.0355 e. The van der Waals surface area contributed by atoms with Crippen molar-refractivity contribution in [2.75, 3.05) is 0 Å². The zero-order chi connectivity index (χ0) is 31.7. The van der Waals surface area contributed by atoms with Crippen LogP contribution in [0.15, 0.2) is 146 Å². The number of hydrogen-bond acceptors (Lipinski definition) is 1. The van der Waals surface area contributed by atoms with Crippen molar-refractivity contribution < 1.29 is 0 Å². The van der Waals surface area contributed by atoms with Gasteiger partial charge in [0, 0.05) is 25.6 Å². The van der Waals surface area contributed by atoms with Crippen molar-refractivity contribution in [3.05, 3.63) is 157 Å². The number of thiophene rings is 1. The molecule has 224 valence electrons. The Balaban J connectivity index is 1.13. The summed E-state index contributed by atoms with van der Waals surface area (Å²) in [6.07, 6.45) is 0. The van der Waals surface area contributed by atoms with E-state index in [4.69, 9.17) is 0 Å². The van der Waals surface area contributed by atoms with Gasteiger partial charge in [-0.25, -0.2) is 0 Å². The molecule has 1 aliphatic carbocycles. The summed E-state index contributed by atoms with van der Waals surface area (Å²) in [5, 5.41) is 13.3. The minimum absolute atomic E-state index is 0.0561. The lowest BCUT2D eigenvalue weighted by molar-refractivity contribution is 0.661. The fourth-order valence-corrected chi connectivity index (χ4v) is 9.95. The highest BCUT2D eigenvalue weighted by atomic mass is 32.1. The molecule has 0 nitrogen and oxygen atoms in total. The first-order valence-corrected chi connectivity index (χ1v) is 17.7. The molecule has 0 bridgehead atoms. The summed E-state index contributed by atoms with van der Waals surface area (Å²) in [7, 11) is 0. The monoisotopic (exact) mass is 626 g/mol. The molecular weight excluding hydrogens is 597 g/mol. The first-order chi connectivity index (χ1) is 23.5. The molecule has 0 saturated heterocycles. The van der Waals surface area contributed by atoms with Gasteiger partial charge in [-0.15, -0.1) is 11.3 Å². The quantitative estimate of drug-likeness (QED) is 0.168. The molecule has 0 radical (unpaired) electrons. The molecule has 1 heteroatoms. The summed E-state index contributed by atoms with van der Waals surface area (Å²) in [6.45, 7) is 4.76. The van der Waals surface area contributed by atoms with Crippen LogP contribution in [0, 0.1) is 0 Å². The Morgan fingerprint density at radius 2 is 1.02 bits per heavy atom. The van der Waals surface area contributed by atoms with Gasteiger partial charge in [-0.1, -0.05) is 129 Å². The third kappa shape index (κ3) is 3.44. The molecule has 0 amide bonds. The number of benzene rings is 9. The van der Waals surface area contributed by atoms with Crippen molar-refractivity contribution in [1.82, 2.24) is 0 Å². The van der Waals surface area contributed by atoms with Crippen molar-refractivity contribution in [1.29, 1.82) is 0 Å². The molecular formula is C47H30S. The normalized spacial score (nSPS) is 13.8. The predicted octanol–water partition coefficient (Wildman–Crippen LogP) is 13.7. The largest absolute Gasteiger partial charge is 0.135 e. The molecule has 0 N–H and O–H groups in total. The third-order valence-corrected chi connectivity index (χ3v) is 12.4. The molecule has 0 spiro atoms. The van der Waals surface area contributed by atoms with E-state index in [1.807, 2.05) is 11.3 Å². The van der Waals surface area contributed by atoms with Gasteiger partial charge in [0.15, 0.2) is 0 Å². The zero-order valence-electron chi connectivity index (χ0n) is 26.8. The van der Waals surface area contributed by atoms with Crippen LogP contribution in [0.1, 0.15) is 25.0 Å². The Kier molecular flexibility index (Phi) is 5.15. The maximum atomic E-state index is 2.49. The molecule has 0 fully saturated rings. The molecule has 48 heavy (non-hydrogen) atoms. The van der Waals surface area contributed by atoms with Crippen LogP contribution in [0.3, 0.4) is 0 Å². The van der Waals surface area contributed by atoms with Crippen LogP contribution in [-0.2, 0) is 5.41 Å². The summed E-state index contributed by atoms with van der Waals surface area (Å²) in [5.41, 5.74) is 10.7. The van der Waals surface area contributed by atoms with Crippen molar-refractivity contribution in [3.63, 3.8) is 0 Å². The lowest BCUT2D eigenvalue weighted by Crippen LogP contribution is -2.15. The van der Waals surface area contributed by atoms with E-state index in [1.54, 1.807) is 0 Å². The average Bonchev–Trinajstić information content (AvgIpc) is 3.61. The van der Waals surface area contributed by atoms with Gasteiger partial charge < -0.3 is 0 Å². The highest BCUT2D eigenvalue weighted by Gasteiger charge is 2.37. The van der Waals surface area contributed by atoms with E-state index < -0.39 is 0 Å². The average molecular weight is 627 g/mol. The predicted molar refractivity (Wildman–Crippen MR) is 209 cm³/mol. The van der Waals surface area contributed by atoms with Crippen LogP contribution in [0.25, 0.3) is 96.6 Å². The molecule has 1 aromatic heterocycles. The van der Waals surface area contributed by atoms with Gasteiger partial charge in [-0.2, -0.15) is 0 Å². The maximum Gasteiger partial charge on any atom is 0.0355 e.